The standard InChI is InChI=1S/C13H27N3O/c1-10-5-6-11(2)16(9-10)8-4-7-13(3,15)12(14)17/h10-11H,4-9,15H2,1-3H3,(H2,14,17). The Morgan fingerprint density at radius 2 is 2.06 bits per heavy atom. The van der Waals surface area contributed by atoms with Gasteiger partial charge in [-0.05, 0) is 52.0 Å². The number of amides is 1. The van der Waals surface area contributed by atoms with Crippen molar-refractivity contribution in [2.75, 3.05) is 13.1 Å². The predicted molar refractivity (Wildman–Crippen MR) is 70.5 cm³/mol. The van der Waals surface area contributed by atoms with Crippen LogP contribution in [0.25, 0.3) is 0 Å². The van der Waals surface area contributed by atoms with Crippen molar-refractivity contribution in [3.63, 3.8) is 0 Å². The molecule has 0 saturated carbocycles. The van der Waals surface area contributed by atoms with Gasteiger partial charge >= 0.3 is 0 Å². The Labute approximate surface area is 105 Å². The monoisotopic (exact) mass is 241 g/mol. The van der Waals surface area contributed by atoms with Gasteiger partial charge in [-0.2, -0.15) is 0 Å². The molecule has 1 amide bonds. The molecule has 0 radical (unpaired) electrons. The van der Waals surface area contributed by atoms with Crippen molar-refractivity contribution >= 4 is 5.91 Å². The molecule has 4 nitrogen and oxygen atoms in total. The Morgan fingerprint density at radius 3 is 2.65 bits per heavy atom. The Hall–Kier alpha value is -0.610. The van der Waals surface area contributed by atoms with E-state index in [1.807, 2.05) is 0 Å². The van der Waals surface area contributed by atoms with E-state index in [1.165, 1.54) is 19.4 Å². The minimum atomic E-state index is -0.857. The summed E-state index contributed by atoms with van der Waals surface area (Å²) in [5, 5.41) is 0. The molecule has 4 N–H and O–H groups in total. The van der Waals surface area contributed by atoms with Crippen LogP contribution in [0.15, 0.2) is 0 Å². The number of carbonyl (C=O) groups excluding carboxylic acids is 1. The summed E-state index contributed by atoms with van der Waals surface area (Å²) in [6, 6.07) is 0.656. The van der Waals surface area contributed by atoms with Crippen LogP contribution in [0.5, 0.6) is 0 Å². The number of piperidine rings is 1. The van der Waals surface area contributed by atoms with Gasteiger partial charge in [-0.1, -0.05) is 6.92 Å². The molecule has 1 aliphatic heterocycles. The molecule has 1 rings (SSSR count). The van der Waals surface area contributed by atoms with Gasteiger partial charge in [0.25, 0.3) is 0 Å². The molecule has 0 aliphatic carbocycles. The van der Waals surface area contributed by atoms with Crippen LogP contribution in [0.3, 0.4) is 0 Å². The first-order chi connectivity index (χ1) is 7.83. The summed E-state index contributed by atoms with van der Waals surface area (Å²) >= 11 is 0. The normalized spacial score (nSPS) is 29.9. The first-order valence-corrected chi connectivity index (χ1v) is 6.66. The molecule has 100 valence electrons. The molecular formula is C13H27N3O. The Morgan fingerprint density at radius 1 is 1.41 bits per heavy atom. The average molecular weight is 241 g/mol. The molecular weight excluding hydrogens is 214 g/mol. The van der Waals surface area contributed by atoms with Gasteiger partial charge in [-0.25, -0.2) is 0 Å². The predicted octanol–water partition coefficient (Wildman–Crippen LogP) is 1.09. The summed E-state index contributed by atoms with van der Waals surface area (Å²) in [6.07, 6.45) is 4.21. The molecule has 0 aromatic heterocycles. The van der Waals surface area contributed by atoms with Crippen molar-refractivity contribution in [1.29, 1.82) is 0 Å². The van der Waals surface area contributed by atoms with E-state index in [-0.39, 0.29) is 0 Å². The Kier molecular flexibility index (Phi) is 4.95. The highest BCUT2D eigenvalue weighted by atomic mass is 16.1. The molecule has 3 unspecified atom stereocenters. The van der Waals surface area contributed by atoms with E-state index < -0.39 is 11.4 Å². The highest BCUT2D eigenvalue weighted by Crippen LogP contribution is 2.22. The van der Waals surface area contributed by atoms with E-state index in [0.29, 0.717) is 12.5 Å². The van der Waals surface area contributed by atoms with Gasteiger partial charge in [0.1, 0.15) is 0 Å². The van der Waals surface area contributed by atoms with Crippen molar-refractivity contribution in [1.82, 2.24) is 4.90 Å². The minimum Gasteiger partial charge on any atom is -0.368 e. The second kappa shape index (κ2) is 5.83. The molecule has 3 atom stereocenters. The summed E-state index contributed by atoms with van der Waals surface area (Å²) in [6.45, 7) is 8.49. The Balaban J connectivity index is 2.32. The van der Waals surface area contributed by atoms with Crippen LogP contribution in [-0.4, -0.2) is 35.5 Å². The van der Waals surface area contributed by atoms with Crippen molar-refractivity contribution < 1.29 is 4.79 Å². The van der Waals surface area contributed by atoms with Crippen LogP contribution in [-0.2, 0) is 4.79 Å². The summed E-state index contributed by atoms with van der Waals surface area (Å²) in [5.41, 5.74) is 10.2. The third-order valence-electron chi connectivity index (χ3n) is 3.95. The maximum Gasteiger partial charge on any atom is 0.237 e. The van der Waals surface area contributed by atoms with Gasteiger partial charge in [0.05, 0.1) is 5.54 Å². The molecule has 1 fully saturated rings. The van der Waals surface area contributed by atoms with Crippen molar-refractivity contribution in [2.24, 2.45) is 17.4 Å². The highest BCUT2D eigenvalue weighted by Gasteiger charge is 2.27. The third kappa shape index (κ3) is 4.28. The number of carbonyl (C=O) groups is 1. The lowest BCUT2D eigenvalue weighted by atomic mass is 9.93. The largest absolute Gasteiger partial charge is 0.368 e. The second-order valence-corrected chi connectivity index (χ2v) is 5.91. The van der Waals surface area contributed by atoms with Crippen molar-refractivity contribution in [3.05, 3.63) is 0 Å². The first kappa shape index (κ1) is 14.5. The van der Waals surface area contributed by atoms with Crippen LogP contribution in [0.4, 0.5) is 0 Å². The summed E-state index contributed by atoms with van der Waals surface area (Å²) in [5.74, 6) is 0.379. The van der Waals surface area contributed by atoms with Crippen LogP contribution in [0.2, 0.25) is 0 Å². The van der Waals surface area contributed by atoms with Gasteiger partial charge in [-0.15, -0.1) is 0 Å². The number of hydrogen-bond donors (Lipinski definition) is 2. The number of hydrogen-bond acceptors (Lipinski definition) is 3. The first-order valence-electron chi connectivity index (χ1n) is 6.66. The zero-order valence-corrected chi connectivity index (χ0v) is 11.4. The third-order valence-corrected chi connectivity index (χ3v) is 3.95. The summed E-state index contributed by atoms with van der Waals surface area (Å²) in [7, 11) is 0. The summed E-state index contributed by atoms with van der Waals surface area (Å²) < 4.78 is 0. The zero-order valence-electron chi connectivity index (χ0n) is 11.4. The molecule has 0 bridgehead atoms. The van der Waals surface area contributed by atoms with Crippen molar-refractivity contribution in [3.8, 4) is 0 Å². The van der Waals surface area contributed by atoms with Crippen LogP contribution in [0.1, 0.15) is 46.5 Å². The Bertz CT molecular complexity index is 265. The molecule has 0 spiro atoms. The average Bonchev–Trinajstić information content (AvgIpc) is 2.22. The number of nitrogens with zero attached hydrogens (tertiary/aromatic N) is 1. The fourth-order valence-electron chi connectivity index (χ4n) is 2.46. The van der Waals surface area contributed by atoms with Crippen LogP contribution < -0.4 is 11.5 Å². The molecule has 0 aromatic rings. The smallest absolute Gasteiger partial charge is 0.237 e. The van der Waals surface area contributed by atoms with Crippen LogP contribution >= 0.6 is 0 Å². The molecule has 1 saturated heterocycles. The van der Waals surface area contributed by atoms with Gasteiger partial charge in [0.15, 0.2) is 0 Å². The van der Waals surface area contributed by atoms with E-state index in [0.717, 1.165) is 18.9 Å². The van der Waals surface area contributed by atoms with Gasteiger partial charge in [0.2, 0.25) is 5.91 Å². The van der Waals surface area contributed by atoms with E-state index >= 15 is 0 Å². The maximum absolute atomic E-state index is 11.1. The van der Waals surface area contributed by atoms with Gasteiger partial charge < -0.3 is 16.4 Å². The maximum atomic E-state index is 11.1. The van der Waals surface area contributed by atoms with E-state index in [9.17, 15) is 4.79 Å². The van der Waals surface area contributed by atoms with Crippen LogP contribution in [0, 0.1) is 5.92 Å². The topological polar surface area (TPSA) is 72.3 Å². The number of likely N-dealkylation sites (tertiary alicyclic amines) is 1. The van der Waals surface area contributed by atoms with Crippen molar-refractivity contribution in [2.45, 2.75) is 58.0 Å². The van der Waals surface area contributed by atoms with E-state index in [4.69, 9.17) is 11.5 Å². The molecule has 4 heteroatoms. The lowest BCUT2D eigenvalue weighted by Gasteiger charge is -2.37. The fourth-order valence-corrected chi connectivity index (χ4v) is 2.46. The number of rotatable bonds is 5. The fraction of sp³-hybridized carbons (Fsp3) is 0.923. The van der Waals surface area contributed by atoms with Gasteiger partial charge in [0, 0.05) is 12.6 Å². The lowest BCUT2D eigenvalue weighted by molar-refractivity contribution is -0.122. The van der Waals surface area contributed by atoms with E-state index in [2.05, 4.69) is 18.7 Å². The molecule has 1 aliphatic rings. The lowest BCUT2D eigenvalue weighted by Crippen LogP contribution is -2.50. The molecule has 1 heterocycles. The molecule has 0 aromatic carbocycles. The number of nitrogens with two attached hydrogens (primary N) is 2. The second-order valence-electron chi connectivity index (χ2n) is 5.91. The summed E-state index contributed by atoms with van der Waals surface area (Å²) in [4.78, 5) is 13.6. The molecule has 17 heavy (non-hydrogen) atoms. The zero-order chi connectivity index (χ0) is 13.1. The quantitative estimate of drug-likeness (QED) is 0.757. The van der Waals surface area contributed by atoms with E-state index in [1.54, 1.807) is 6.92 Å². The van der Waals surface area contributed by atoms with Gasteiger partial charge in [-0.3, -0.25) is 4.79 Å². The number of primary amides is 1. The SMILES string of the molecule is CC1CCC(C)N(CCCC(C)(N)C(N)=O)C1. The minimum absolute atomic E-state index is 0.405. The highest BCUT2D eigenvalue weighted by molar-refractivity contribution is 5.83.